The minimum atomic E-state index is -0.408. The van der Waals surface area contributed by atoms with Gasteiger partial charge in [0, 0.05) is 37.4 Å². The second kappa shape index (κ2) is 8.07. The quantitative estimate of drug-likeness (QED) is 0.760. The number of aliphatic hydroxyl groups is 1. The summed E-state index contributed by atoms with van der Waals surface area (Å²) in [5.41, 5.74) is 0. The second-order valence-corrected chi connectivity index (χ2v) is 7.20. The Hall–Kier alpha value is -1.77. The van der Waals surface area contributed by atoms with Gasteiger partial charge in [0.05, 0.1) is 19.2 Å². The number of aromatic nitrogens is 4. The molecule has 8 nitrogen and oxygen atoms in total. The van der Waals surface area contributed by atoms with Crippen LogP contribution in [0, 0.1) is 0 Å². The number of β-amino-alcohol motifs (C(OH)–C–C–N with tert-alkyl or cyclic N) is 1. The van der Waals surface area contributed by atoms with Crippen molar-refractivity contribution < 1.29 is 9.63 Å². The summed E-state index contributed by atoms with van der Waals surface area (Å²) in [6.07, 6.45) is 4.28. The predicted molar refractivity (Wildman–Crippen MR) is 92.9 cm³/mol. The van der Waals surface area contributed by atoms with Crippen LogP contribution in [0.1, 0.15) is 37.9 Å². The fourth-order valence-corrected chi connectivity index (χ4v) is 3.24. The molecule has 3 rings (SSSR count). The predicted octanol–water partition coefficient (Wildman–Crippen LogP) is 0.957. The molecule has 2 atom stereocenters. The van der Waals surface area contributed by atoms with Crippen LogP contribution in [-0.4, -0.2) is 73.7 Å². The van der Waals surface area contributed by atoms with Gasteiger partial charge in [0.25, 0.3) is 0 Å². The molecule has 1 aliphatic rings. The second-order valence-electron chi connectivity index (χ2n) is 7.20. The van der Waals surface area contributed by atoms with E-state index in [9.17, 15) is 5.11 Å². The molecule has 3 heterocycles. The molecule has 0 unspecified atom stereocenters. The van der Waals surface area contributed by atoms with Crippen LogP contribution < -0.4 is 0 Å². The van der Waals surface area contributed by atoms with E-state index in [-0.39, 0.29) is 5.92 Å². The van der Waals surface area contributed by atoms with Crippen LogP contribution in [0.5, 0.6) is 0 Å². The molecule has 0 bridgehead atoms. The summed E-state index contributed by atoms with van der Waals surface area (Å²) in [5, 5.41) is 18.5. The highest BCUT2D eigenvalue weighted by Crippen LogP contribution is 2.17. The van der Waals surface area contributed by atoms with Crippen molar-refractivity contribution >= 4 is 0 Å². The van der Waals surface area contributed by atoms with E-state index in [4.69, 9.17) is 4.52 Å². The van der Waals surface area contributed by atoms with Gasteiger partial charge in [0.1, 0.15) is 0 Å². The van der Waals surface area contributed by atoms with Gasteiger partial charge in [0.15, 0.2) is 5.82 Å². The van der Waals surface area contributed by atoms with Gasteiger partial charge in [-0.1, -0.05) is 19.0 Å². The summed E-state index contributed by atoms with van der Waals surface area (Å²) in [5.74, 6) is 1.69. The van der Waals surface area contributed by atoms with Crippen LogP contribution in [-0.2, 0) is 13.1 Å². The van der Waals surface area contributed by atoms with Gasteiger partial charge in [0.2, 0.25) is 5.89 Å². The molecule has 0 aliphatic carbocycles. The first-order valence-corrected chi connectivity index (χ1v) is 8.92. The normalized spacial score (nSPS) is 20.0. The van der Waals surface area contributed by atoms with E-state index in [1.165, 1.54) is 0 Å². The third kappa shape index (κ3) is 4.87. The summed E-state index contributed by atoms with van der Waals surface area (Å²) < 4.78 is 7.04. The molecule has 138 valence electrons. The lowest BCUT2D eigenvalue weighted by molar-refractivity contribution is 0.101. The number of aliphatic hydroxyl groups excluding tert-OH is 1. The summed E-state index contributed by atoms with van der Waals surface area (Å²) >= 11 is 0. The van der Waals surface area contributed by atoms with Gasteiger partial charge in [-0.3, -0.25) is 14.5 Å². The lowest BCUT2D eigenvalue weighted by Gasteiger charge is -2.24. The van der Waals surface area contributed by atoms with Crippen molar-refractivity contribution in [2.24, 2.45) is 0 Å². The van der Waals surface area contributed by atoms with Crippen LogP contribution in [0.25, 0.3) is 0 Å². The van der Waals surface area contributed by atoms with Crippen LogP contribution in [0.4, 0.5) is 0 Å². The molecule has 8 heteroatoms. The van der Waals surface area contributed by atoms with E-state index in [0.717, 1.165) is 25.3 Å². The summed E-state index contributed by atoms with van der Waals surface area (Å²) in [6, 6.07) is 2.31. The summed E-state index contributed by atoms with van der Waals surface area (Å²) in [4.78, 5) is 9.03. The van der Waals surface area contributed by atoms with E-state index < -0.39 is 6.10 Å². The van der Waals surface area contributed by atoms with Gasteiger partial charge in [-0.25, -0.2) is 0 Å². The van der Waals surface area contributed by atoms with Crippen LogP contribution in [0.15, 0.2) is 23.0 Å². The van der Waals surface area contributed by atoms with E-state index in [0.29, 0.717) is 31.6 Å². The SMILES string of the molecule is CC(C)c1nc(CN(C)[C@@H]2CCN(C[C@H](O)Cn3cccn3)C2)no1. The number of nitrogens with zero attached hydrogens (tertiary/aromatic N) is 6. The molecule has 0 radical (unpaired) electrons. The third-order valence-corrected chi connectivity index (χ3v) is 4.67. The van der Waals surface area contributed by atoms with Gasteiger partial charge in [-0.15, -0.1) is 0 Å². The number of hydrogen-bond acceptors (Lipinski definition) is 7. The van der Waals surface area contributed by atoms with Crippen LogP contribution >= 0.6 is 0 Å². The number of hydrogen-bond donors (Lipinski definition) is 1. The maximum atomic E-state index is 10.2. The first kappa shape index (κ1) is 18.0. The molecule has 1 saturated heterocycles. The van der Waals surface area contributed by atoms with Gasteiger partial charge < -0.3 is 9.63 Å². The third-order valence-electron chi connectivity index (χ3n) is 4.67. The van der Waals surface area contributed by atoms with Gasteiger partial charge >= 0.3 is 0 Å². The molecular weight excluding hydrogens is 320 g/mol. The van der Waals surface area contributed by atoms with Crippen LogP contribution in [0.3, 0.4) is 0 Å². The minimum absolute atomic E-state index is 0.254. The number of rotatable bonds is 8. The Balaban J connectivity index is 1.44. The lowest BCUT2D eigenvalue weighted by atomic mass is 10.2. The molecule has 2 aromatic rings. The molecule has 1 aliphatic heterocycles. The molecule has 1 N–H and O–H groups in total. The molecule has 0 spiro atoms. The Kier molecular flexibility index (Phi) is 5.82. The first-order valence-electron chi connectivity index (χ1n) is 8.92. The van der Waals surface area contributed by atoms with Crippen LogP contribution in [0.2, 0.25) is 0 Å². The lowest BCUT2D eigenvalue weighted by Crippen LogP contribution is -2.37. The molecule has 2 aromatic heterocycles. The number of likely N-dealkylation sites (N-methyl/N-ethyl adjacent to an activating group) is 1. The molecule has 0 saturated carbocycles. The van der Waals surface area contributed by atoms with E-state index in [1.807, 2.05) is 26.1 Å². The highest BCUT2D eigenvalue weighted by Gasteiger charge is 2.27. The Morgan fingerprint density at radius 2 is 2.24 bits per heavy atom. The maximum absolute atomic E-state index is 10.2. The summed E-state index contributed by atoms with van der Waals surface area (Å²) in [7, 11) is 2.10. The molecule has 1 fully saturated rings. The molecule has 0 aromatic carbocycles. The van der Waals surface area contributed by atoms with Crippen molar-refractivity contribution in [1.29, 1.82) is 0 Å². The number of likely N-dealkylation sites (tertiary alicyclic amines) is 1. The highest BCUT2D eigenvalue weighted by molar-refractivity contribution is 4.92. The van der Waals surface area contributed by atoms with E-state index in [1.54, 1.807) is 10.9 Å². The molecule has 25 heavy (non-hydrogen) atoms. The fraction of sp³-hybridized carbons (Fsp3) is 0.706. The zero-order valence-electron chi connectivity index (χ0n) is 15.2. The largest absolute Gasteiger partial charge is 0.390 e. The Bertz CT molecular complexity index is 641. The Morgan fingerprint density at radius 3 is 2.92 bits per heavy atom. The zero-order chi connectivity index (χ0) is 17.8. The van der Waals surface area contributed by atoms with Crippen molar-refractivity contribution in [3.63, 3.8) is 0 Å². The average molecular weight is 348 g/mol. The maximum Gasteiger partial charge on any atom is 0.229 e. The van der Waals surface area contributed by atoms with Gasteiger partial charge in [-0.2, -0.15) is 10.1 Å². The van der Waals surface area contributed by atoms with Crippen molar-refractivity contribution in [3.8, 4) is 0 Å². The van der Waals surface area contributed by atoms with E-state index >= 15 is 0 Å². The molecule has 0 amide bonds. The summed E-state index contributed by atoms with van der Waals surface area (Å²) in [6.45, 7) is 7.92. The zero-order valence-corrected chi connectivity index (χ0v) is 15.2. The average Bonchev–Trinajstić information content (AvgIpc) is 3.28. The first-order chi connectivity index (χ1) is 12.0. The Labute approximate surface area is 148 Å². The highest BCUT2D eigenvalue weighted by atomic mass is 16.5. The topological polar surface area (TPSA) is 83.5 Å². The van der Waals surface area contributed by atoms with Gasteiger partial charge in [-0.05, 0) is 26.1 Å². The Morgan fingerprint density at radius 1 is 1.40 bits per heavy atom. The monoisotopic (exact) mass is 348 g/mol. The van der Waals surface area contributed by atoms with Crippen molar-refractivity contribution in [2.45, 2.75) is 51.4 Å². The minimum Gasteiger partial charge on any atom is -0.390 e. The molecular formula is C17H28N6O2. The van der Waals surface area contributed by atoms with Crippen molar-refractivity contribution in [3.05, 3.63) is 30.2 Å². The van der Waals surface area contributed by atoms with Crippen molar-refractivity contribution in [1.82, 2.24) is 29.7 Å². The van der Waals surface area contributed by atoms with Crippen molar-refractivity contribution in [2.75, 3.05) is 26.7 Å². The van der Waals surface area contributed by atoms with E-state index in [2.05, 4.69) is 32.1 Å². The fourth-order valence-electron chi connectivity index (χ4n) is 3.24. The smallest absolute Gasteiger partial charge is 0.229 e. The standard InChI is InChI=1S/C17H28N6O2/c1-13(2)17-19-16(20-25-17)12-21(3)14-5-8-22(9-14)10-15(24)11-23-7-4-6-18-23/h4,6-7,13-15,24H,5,8-12H2,1-3H3/t14-,15+/m1/s1.